The number of aryl methyl sites for hydroxylation is 1. The Bertz CT molecular complexity index is 548. The van der Waals surface area contributed by atoms with Crippen molar-refractivity contribution in [1.82, 2.24) is 14.5 Å². The van der Waals surface area contributed by atoms with Crippen molar-refractivity contribution >= 4 is 5.69 Å². The van der Waals surface area contributed by atoms with Gasteiger partial charge in [-0.15, -0.1) is 0 Å². The van der Waals surface area contributed by atoms with Crippen LogP contribution in [0, 0.1) is 5.92 Å². The van der Waals surface area contributed by atoms with E-state index in [9.17, 15) is 0 Å². The largest absolute Gasteiger partial charge is 0.476 e. The topological polar surface area (TPSA) is 66.0 Å². The Balaban J connectivity index is 2.30. The summed E-state index contributed by atoms with van der Waals surface area (Å²) in [4.78, 5) is 8.76. The van der Waals surface area contributed by atoms with Crippen LogP contribution >= 0.6 is 0 Å². The van der Waals surface area contributed by atoms with Crippen molar-refractivity contribution in [3.05, 3.63) is 30.4 Å². The van der Waals surface area contributed by atoms with E-state index in [0.717, 1.165) is 18.1 Å². The summed E-state index contributed by atoms with van der Waals surface area (Å²) in [7, 11) is 0. The first kappa shape index (κ1) is 13.4. The number of nitrogens with two attached hydrogens (primary N) is 1. The van der Waals surface area contributed by atoms with Crippen LogP contribution in [0.5, 0.6) is 5.88 Å². The summed E-state index contributed by atoms with van der Waals surface area (Å²) in [5.74, 6) is 2.67. The molecule has 0 bridgehead atoms. The minimum Gasteiger partial charge on any atom is -0.476 e. The molecule has 2 aromatic rings. The fraction of sp³-hybridized carbons (Fsp3) is 0.429. The van der Waals surface area contributed by atoms with Crippen molar-refractivity contribution in [2.75, 3.05) is 12.3 Å². The lowest BCUT2D eigenvalue weighted by atomic mass is 10.2. The number of hydrogen-bond acceptors (Lipinski definition) is 4. The molecule has 0 aliphatic rings. The second-order valence-corrected chi connectivity index (χ2v) is 4.84. The van der Waals surface area contributed by atoms with E-state index >= 15 is 0 Å². The quantitative estimate of drug-likeness (QED) is 0.896. The first-order valence-corrected chi connectivity index (χ1v) is 6.53. The minimum absolute atomic E-state index is 0.435. The maximum absolute atomic E-state index is 5.89. The Kier molecular flexibility index (Phi) is 4.04. The van der Waals surface area contributed by atoms with Gasteiger partial charge in [-0.2, -0.15) is 4.98 Å². The van der Waals surface area contributed by atoms with Gasteiger partial charge in [0.1, 0.15) is 11.6 Å². The molecule has 5 heteroatoms. The molecule has 2 rings (SSSR count). The Labute approximate surface area is 113 Å². The lowest BCUT2D eigenvalue weighted by Crippen LogP contribution is -2.09. The monoisotopic (exact) mass is 260 g/mol. The van der Waals surface area contributed by atoms with Crippen molar-refractivity contribution in [3.8, 4) is 11.7 Å². The maximum atomic E-state index is 5.89. The lowest BCUT2D eigenvalue weighted by Gasteiger charge is -2.12. The van der Waals surface area contributed by atoms with Crippen LogP contribution in [0.4, 0.5) is 5.69 Å². The van der Waals surface area contributed by atoms with Crippen molar-refractivity contribution < 1.29 is 4.74 Å². The molecule has 2 aromatic heterocycles. The van der Waals surface area contributed by atoms with Crippen LogP contribution in [0.15, 0.2) is 24.5 Å². The SMILES string of the molecule is CCc1nccn1-c1ccc(N)c(OCC(C)C)n1. The number of rotatable bonds is 5. The smallest absolute Gasteiger partial charge is 0.239 e. The number of anilines is 1. The molecule has 2 heterocycles. The highest BCUT2D eigenvalue weighted by molar-refractivity contribution is 5.50. The van der Waals surface area contributed by atoms with Crippen LogP contribution in [-0.2, 0) is 6.42 Å². The van der Waals surface area contributed by atoms with E-state index < -0.39 is 0 Å². The third kappa shape index (κ3) is 3.05. The summed E-state index contributed by atoms with van der Waals surface area (Å²) >= 11 is 0. The minimum atomic E-state index is 0.435. The van der Waals surface area contributed by atoms with Crippen LogP contribution in [0.25, 0.3) is 5.82 Å². The zero-order valence-corrected chi connectivity index (χ0v) is 11.6. The highest BCUT2D eigenvalue weighted by Crippen LogP contribution is 2.21. The summed E-state index contributed by atoms with van der Waals surface area (Å²) in [6.45, 7) is 6.84. The van der Waals surface area contributed by atoms with Gasteiger partial charge in [-0.3, -0.25) is 4.57 Å². The van der Waals surface area contributed by atoms with Gasteiger partial charge in [0.2, 0.25) is 5.88 Å². The Morgan fingerprint density at radius 3 is 2.84 bits per heavy atom. The Morgan fingerprint density at radius 1 is 1.37 bits per heavy atom. The van der Waals surface area contributed by atoms with E-state index in [4.69, 9.17) is 10.5 Å². The van der Waals surface area contributed by atoms with Crippen LogP contribution in [0.2, 0.25) is 0 Å². The van der Waals surface area contributed by atoms with E-state index in [1.807, 2.05) is 22.9 Å². The number of hydrogen-bond donors (Lipinski definition) is 1. The summed E-state index contributed by atoms with van der Waals surface area (Å²) in [5.41, 5.74) is 6.45. The van der Waals surface area contributed by atoms with Gasteiger partial charge in [0.05, 0.1) is 12.3 Å². The normalized spacial score (nSPS) is 10.9. The number of imidazole rings is 1. The molecule has 0 fully saturated rings. The molecule has 0 spiro atoms. The average molecular weight is 260 g/mol. The molecule has 0 amide bonds. The highest BCUT2D eigenvalue weighted by Gasteiger charge is 2.09. The third-order valence-electron chi connectivity index (χ3n) is 2.71. The molecule has 2 N–H and O–H groups in total. The molecule has 0 saturated heterocycles. The van der Waals surface area contributed by atoms with Gasteiger partial charge in [0, 0.05) is 18.8 Å². The van der Waals surface area contributed by atoms with Gasteiger partial charge < -0.3 is 10.5 Å². The zero-order valence-electron chi connectivity index (χ0n) is 11.6. The van der Waals surface area contributed by atoms with E-state index in [1.54, 1.807) is 6.20 Å². The van der Waals surface area contributed by atoms with Crippen molar-refractivity contribution in [1.29, 1.82) is 0 Å². The van der Waals surface area contributed by atoms with Crippen molar-refractivity contribution in [2.24, 2.45) is 5.92 Å². The molecule has 0 unspecified atom stereocenters. The highest BCUT2D eigenvalue weighted by atomic mass is 16.5. The molecule has 19 heavy (non-hydrogen) atoms. The van der Waals surface area contributed by atoms with Gasteiger partial charge >= 0.3 is 0 Å². The molecule has 0 saturated carbocycles. The van der Waals surface area contributed by atoms with E-state index in [2.05, 4.69) is 30.7 Å². The Hall–Kier alpha value is -2.04. The predicted octanol–water partition coefficient (Wildman–Crippen LogP) is 2.45. The molecular formula is C14H20N4O. The van der Waals surface area contributed by atoms with Gasteiger partial charge in [-0.1, -0.05) is 20.8 Å². The second-order valence-electron chi connectivity index (χ2n) is 4.84. The molecular weight excluding hydrogens is 240 g/mol. The summed E-state index contributed by atoms with van der Waals surface area (Å²) in [6.07, 6.45) is 4.51. The fourth-order valence-electron chi connectivity index (χ4n) is 1.74. The lowest BCUT2D eigenvalue weighted by molar-refractivity contribution is 0.262. The molecule has 0 radical (unpaired) electrons. The summed E-state index contributed by atoms with van der Waals surface area (Å²) < 4.78 is 7.59. The predicted molar refractivity (Wildman–Crippen MR) is 75.5 cm³/mol. The second kappa shape index (κ2) is 5.73. The number of nitrogens with zero attached hydrogens (tertiary/aromatic N) is 3. The zero-order chi connectivity index (χ0) is 13.8. The summed E-state index contributed by atoms with van der Waals surface area (Å²) in [6, 6.07) is 3.69. The first-order chi connectivity index (χ1) is 9.11. The first-order valence-electron chi connectivity index (χ1n) is 6.53. The van der Waals surface area contributed by atoms with Crippen LogP contribution < -0.4 is 10.5 Å². The number of nitrogen functional groups attached to an aromatic ring is 1. The standard InChI is InChI=1S/C14H20N4O/c1-4-12-16-7-8-18(12)13-6-5-11(15)14(17-13)19-9-10(2)3/h5-8,10H,4,9,15H2,1-3H3. The van der Waals surface area contributed by atoms with Crippen LogP contribution in [0.3, 0.4) is 0 Å². The fourth-order valence-corrected chi connectivity index (χ4v) is 1.74. The Morgan fingerprint density at radius 2 is 2.16 bits per heavy atom. The van der Waals surface area contributed by atoms with Crippen LogP contribution in [0.1, 0.15) is 26.6 Å². The number of pyridine rings is 1. The van der Waals surface area contributed by atoms with Crippen molar-refractivity contribution in [2.45, 2.75) is 27.2 Å². The van der Waals surface area contributed by atoms with Gasteiger partial charge in [0.25, 0.3) is 0 Å². The van der Waals surface area contributed by atoms with Gasteiger partial charge in [-0.05, 0) is 18.1 Å². The molecule has 0 aliphatic heterocycles. The van der Waals surface area contributed by atoms with Gasteiger partial charge in [-0.25, -0.2) is 4.98 Å². The third-order valence-corrected chi connectivity index (χ3v) is 2.71. The molecule has 0 aliphatic carbocycles. The van der Waals surface area contributed by atoms with Crippen molar-refractivity contribution in [3.63, 3.8) is 0 Å². The molecule has 102 valence electrons. The molecule has 0 aromatic carbocycles. The van der Waals surface area contributed by atoms with E-state index in [-0.39, 0.29) is 0 Å². The molecule has 5 nitrogen and oxygen atoms in total. The van der Waals surface area contributed by atoms with E-state index in [0.29, 0.717) is 24.1 Å². The number of aromatic nitrogens is 3. The maximum Gasteiger partial charge on any atom is 0.239 e. The summed E-state index contributed by atoms with van der Waals surface area (Å²) in [5, 5.41) is 0. The average Bonchev–Trinajstić information content (AvgIpc) is 2.86. The molecule has 0 atom stereocenters. The van der Waals surface area contributed by atoms with Crippen LogP contribution in [-0.4, -0.2) is 21.1 Å². The van der Waals surface area contributed by atoms with Gasteiger partial charge in [0.15, 0.2) is 0 Å². The number of ether oxygens (including phenoxy) is 1. The van der Waals surface area contributed by atoms with E-state index in [1.165, 1.54) is 0 Å².